The number of hydrogen-bond donors (Lipinski definition) is 1. The van der Waals surface area contributed by atoms with Crippen LogP contribution in [-0.4, -0.2) is 30.0 Å². The molecule has 3 nitrogen and oxygen atoms in total. The molecule has 2 heterocycles. The van der Waals surface area contributed by atoms with Crippen LogP contribution in [0.4, 0.5) is 5.69 Å². The molecule has 0 saturated heterocycles. The fourth-order valence-corrected chi connectivity index (χ4v) is 3.23. The van der Waals surface area contributed by atoms with Crippen molar-refractivity contribution in [2.75, 3.05) is 18.4 Å². The number of anilines is 1. The highest BCUT2D eigenvalue weighted by molar-refractivity contribution is 6.06. The van der Waals surface area contributed by atoms with Gasteiger partial charge in [-0.1, -0.05) is 44.7 Å². The highest BCUT2D eigenvalue weighted by atomic mass is 15.4. The molecule has 3 rings (SSSR count). The molecule has 2 aliphatic rings. The summed E-state index contributed by atoms with van der Waals surface area (Å²) in [6.07, 6.45) is 8.39. The minimum Gasteiger partial charge on any atom is -0.365 e. The van der Waals surface area contributed by atoms with Gasteiger partial charge in [0.25, 0.3) is 0 Å². The number of aliphatic imine (C=N–C) groups is 1. The van der Waals surface area contributed by atoms with E-state index in [9.17, 15) is 0 Å². The Bertz CT molecular complexity index is 481. The molecule has 0 aromatic heterocycles. The van der Waals surface area contributed by atoms with Crippen LogP contribution in [0.25, 0.3) is 0 Å². The minimum atomic E-state index is 0.438. The lowest BCUT2D eigenvalue weighted by atomic mass is 10.0. The Labute approximate surface area is 122 Å². The molecule has 0 bridgehead atoms. The first-order valence-corrected chi connectivity index (χ1v) is 8.07. The Morgan fingerprint density at radius 1 is 1.20 bits per heavy atom. The summed E-state index contributed by atoms with van der Waals surface area (Å²) >= 11 is 0. The summed E-state index contributed by atoms with van der Waals surface area (Å²) in [6.45, 7) is 4.28. The lowest BCUT2D eigenvalue weighted by molar-refractivity contribution is 0.334. The van der Waals surface area contributed by atoms with Crippen LogP contribution in [0.15, 0.2) is 29.3 Å². The molecule has 1 aromatic rings. The average molecular weight is 271 g/mol. The van der Waals surface area contributed by atoms with E-state index < -0.39 is 0 Å². The van der Waals surface area contributed by atoms with E-state index in [-0.39, 0.29) is 0 Å². The third-order valence-electron chi connectivity index (χ3n) is 4.32. The van der Waals surface area contributed by atoms with Crippen LogP contribution >= 0.6 is 0 Å². The van der Waals surface area contributed by atoms with Crippen molar-refractivity contribution in [3.63, 3.8) is 0 Å². The van der Waals surface area contributed by atoms with Gasteiger partial charge in [-0.3, -0.25) is 4.99 Å². The van der Waals surface area contributed by atoms with Crippen molar-refractivity contribution in [1.82, 2.24) is 4.90 Å². The molecule has 0 aliphatic carbocycles. The molecule has 1 unspecified atom stereocenters. The molecule has 1 aromatic carbocycles. The maximum absolute atomic E-state index is 4.71. The lowest BCUT2D eigenvalue weighted by Crippen LogP contribution is -2.47. The first-order chi connectivity index (χ1) is 9.90. The van der Waals surface area contributed by atoms with E-state index in [4.69, 9.17) is 4.99 Å². The first kappa shape index (κ1) is 13.5. The zero-order chi connectivity index (χ0) is 13.8. The van der Waals surface area contributed by atoms with E-state index in [0.29, 0.717) is 6.17 Å². The van der Waals surface area contributed by atoms with Gasteiger partial charge in [-0.15, -0.1) is 0 Å². The van der Waals surface area contributed by atoms with E-state index in [0.717, 1.165) is 13.1 Å². The summed E-state index contributed by atoms with van der Waals surface area (Å²) in [5.74, 6) is 1.21. The van der Waals surface area contributed by atoms with Gasteiger partial charge in [-0.25, -0.2) is 0 Å². The second-order valence-electron chi connectivity index (χ2n) is 5.81. The highest BCUT2D eigenvalue weighted by Gasteiger charge is 2.31. The van der Waals surface area contributed by atoms with Crippen molar-refractivity contribution in [2.24, 2.45) is 4.99 Å². The van der Waals surface area contributed by atoms with E-state index in [1.165, 1.54) is 55.6 Å². The molecule has 0 spiro atoms. The van der Waals surface area contributed by atoms with Gasteiger partial charge in [0.05, 0.1) is 6.54 Å². The van der Waals surface area contributed by atoms with Gasteiger partial charge in [0.2, 0.25) is 0 Å². The standard InChI is InChI=1S/C17H25N3/c1-2-3-4-5-6-11-16-19-15-10-8-7-9-14(15)17-18-12-13-20(16)17/h7-10,16,19H,2-6,11-13H2,1H3. The Balaban J connectivity index is 1.64. The van der Waals surface area contributed by atoms with Gasteiger partial charge in [0, 0.05) is 17.8 Å². The van der Waals surface area contributed by atoms with Crippen LogP contribution in [0, 0.1) is 0 Å². The fourth-order valence-electron chi connectivity index (χ4n) is 3.23. The first-order valence-electron chi connectivity index (χ1n) is 8.07. The molecule has 1 N–H and O–H groups in total. The summed E-state index contributed by atoms with van der Waals surface area (Å²) in [5.41, 5.74) is 2.52. The number of rotatable bonds is 6. The topological polar surface area (TPSA) is 27.6 Å². The number of fused-ring (bicyclic) bond motifs is 3. The smallest absolute Gasteiger partial charge is 0.134 e. The molecule has 0 radical (unpaired) electrons. The lowest BCUT2D eigenvalue weighted by Gasteiger charge is -2.37. The molecule has 20 heavy (non-hydrogen) atoms. The van der Waals surface area contributed by atoms with E-state index in [2.05, 4.69) is 41.4 Å². The normalized spacial score (nSPS) is 20.1. The fraction of sp³-hybridized carbons (Fsp3) is 0.588. The molecule has 108 valence electrons. The maximum atomic E-state index is 4.71. The van der Waals surface area contributed by atoms with Crippen molar-refractivity contribution < 1.29 is 0 Å². The van der Waals surface area contributed by atoms with Gasteiger partial charge >= 0.3 is 0 Å². The Hall–Kier alpha value is -1.51. The Morgan fingerprint density at radius 3 is 2.95 bits per heavy atom. The monoisotopic (exact) mass is 271 g/mol. The second-order valence-corrected chi connectivity index (χ2v) is 5.81. The van der Waals surface area contributed by atoms with Crippen molar-refractivity contribution in [1.29, 1.82) is 0 Å². The summed E-state index contributed by atoms with van der Waals surface area (Å²) in [7, 11) is 0. The zero-order valence-corrected chi connectivity index (χ0v) is 12.4. The predicted octanol–water partition coefficient (Wildman–Crippen LogP) is 3.86. The van der Waals surface area contributed by atoms with Crippen molar-refractivity contribution >= 4 is 11.5 Å². The number of para-hydroxylation sites is 1. The number of hydrogen-bond acceptors (Lipinski definition) is 3. The van der Waals surface area contributed by atoms with Crippen LogP contribution in [0.2, 0.25) is 0 Å². The van der Waals surface area contributed by atoms with Crippen molar-refractivity contribution in [3.05, 3.63) is 29.8 Å². The third-order valence-corrected chi connectivity index (χ3v) is 4.32. The molecule has 0 amide bonds. The van der Waals surface area contributed by atoms with Crippen LogP contribution in [-0.2, 0) is 0 Å². The number of unbranched alkanes of at least 4 members (excludes halogenated alkanes) is 4. The quantitative estimate of drug-likeness (QED) is 0.796. The molecule has 0 saturated carbocycles. The Kier molecular flexibility index (Phi) is 4.24. The highest BCUT2D eigenvalue weighted by Crippen LogP contribution is 2.29. The summed E-state index contributed by atoms with van der Waals surface area (Å²) < 4.78 is 0. The molecule has 0 fully saturated rings. The van der Waals surface area contributed by atoms with Crippen molar-refractivity contribution in [2.45, 2.75) is 51.6 Å². The number of nitrogens with one attached hydrogen (secondary N) is 1. The SMILES string of the molecule is CCCCCCCC1Nc2ccccc2C2=NCCN21. The Morgan fingerprint density at radius 2 is 2.05 bits per heavy atom. The number of amidine groups is 1. The average Bonchev–Trinajstić information content (AvgIpc) is 2.97. The van der Waals surface area contributed by atoms with E-state index >= 15 is 0 Å². The maximum Gasteiger partial charge on any atom is 0.134 e. The van der Waals surface area contributed by atoms with Crippen LogP contribution in [0.5, 0.6) is 0 Å². The molecule has 2 aliphatic heterocycles. The van der Waals surface area contributed by atoms with Gasteiger partial charge in [-0.05, 0) is 25.0 Å². The van der Waals surface area contributed by atoms with Crippen LogP contribution < -0.4 is 5.32 Å². The second kappa shape index (κ2) is 6.29. The molecular formula is C17H25N3. The largest absolute Gasteiger partial charge is 0.365 e. The van der Waals surface area contributed by atoms with Gasteiger partial charge in [0.15, 0.2) is 0 Å². The predicted molar refractivity (Wildman–Crippen MR) is 85.3 cm³/mol. The molecular weight excluding hydrogens is 246 g/mol. The molecule has 1 atom stereocenters. The minimum absolute atomic E-state index is 0.438. The van der Waals surface area contributed by atoms with E-state index in [1.807, 2.05) is 0 Å². The summed E-state index contributed by atoms with van der Waals surface area (Å²) in [5, 5.41) is 3.70. The van der Waals surface area contributed by atoms with Gasteiger partial charge in [0.1, 0.15) is 12.0 Å². The number of benzene rings is 1. The summed E-state index contributed by atoms with van der Waals surface area (Å²) in [4.78, 5) is 7.17. The van der Waals surface area contributed by atoms with Crippen LogP contribution in [0.3, 0.4) is 0 Å². The van der Waals surface area contributed by atoms with Gasteiger partial charge in [-0.2, -0.15) is 0 Å². The van der Waals surface area contributed by atoms with Crippen LogP contribution in [0.1, 0.15) is 51.0 Å². The van der Waals surface area contributed by atoms with Gasteiger partial charge < -0.3 is 10.2 Å². The summed E-state index contributed by atoms with van der Waals surface area (Å²) in [6, 6.07) is 8.56. The molecule has 3 heteroatoms. The van der Waals surface area contributed by atoms with E-state index in [1.54, 1.807) is 0 Å². The number of nitrogens with zero attached hydrogens (tertiary/aromatic N) is 2. The zero-order valence-electron chi connectivity index (χ0n) is 12.4. The third kappa shape index (κ3) is 2.67. The van der Waals surface area contributed by atoms with Crippen molar-refractivity contribution in [3.8, 4) is 0 Å².